The van der Waals surface area contributed by atoms with Crippen LogP contribution in [0, 0.1) is 0 Å². The van der Waals surface area contributed by atoms with E-state index in [2.05, 4.69) is 30.7 Å². The summed E-state index contributed by atoms with van der Waals surface area (Å²) < 4.78 is 1.79. The fraction of sp³-hybridized carbons (Fsp3) is 0.333. The first-order valence-electron chi connectivity index (χ1n) is 7.28. The van der Waals surface area contributed by atoms with Crippen molar-refractivity contribution in [3.8, 4) is 10.7 Å². The van der Waals surface area contributed by atoms with Crippen molar-refractivity contribution in [1.82, 2.24) is 24.7 Å². The van der Waals surface area contributed by atoms with Crippen molar-refractivity contribution in [2.24, 2.45) is 7.05 Å². The average molecular weight is 312 g/mol. The second-order valence-electron chi connectivity index (χ2n) is 5.47. The van der Waals surface area contributed by atoms with Crippen LogP contribution in [0.1, 0.15) is 30.1 Å². The van der Waals surface area contributed by atoms with Crippen LogP contribution in [0.25, 0.3) is 10.7 Å². The minimum Gasteiger partial charge on any atom is -0.364 e. The van der Waals surface area contributed by atoms with Crippen LogP contribution < -0.4 is 5.32 Å². The lowest BCUT2D eigenvalue weighted by atomic mass is 10.3. The van der Waals surface area contributed by atoms with Gasteiger partial charge in [0.05, 0.1) is 12.2 Å². The van der Waals surface area contributed by atoms with E-state index in [1.165, 1.54) is 12.8 Å². The molecule has 22 heavy (non-hydrogen) atoms. The molecule has 0 spiro atoms. The molecule has 0 aliphatic heterocycles. The highest BCUT2D eigenvalue weighted by Crippen LogP contribution is 2.39. The summed E-state index contributed by atoms with van der Waals surface area (Å²) in [5.74, 6) is 1.50. The van der Waals surface area contributed by atoms with Crippen LogP contribution in [0.4, 0.5) is 5.82 Å². The van der Waals surface area contributed by atoms with Crippen LogP contribution in [-0.4, -0.2) is 24.7 Å². The SMILES string of the molecule is Cn1ccc(-c2nc(CNc3cc(C4CC4)ncn3)cs2)n1. The summed E-state index contributed by atoms with van der Waals surface area (Å²) in [6, 6.07) is 4.02. The Morgan fingerprint density at radius 2 is 2.27 bits per heavy atom. The largest absolute Gasteiger partial charge is 0.364 e. The van der Waals surface area contributed by atoms with Crippen molar-refractivity contribution < 1.29 is 0 Å². The molecule has 0 saturated heterocycles. The van der Waals surface area contributed by atoms with Crippen molar-refractivity contribution in [3.05, 3.63) is 41.4 Å². The van der Waals surface area contributed by atoms with Crippen molar-refractivity contribution in [3.63, 3.8) is 0 Å². The number of nitrogens with zero attached hydrogens (tertiary/aromatic N) is 5. The van der Waals surface area contributed by atoms with Gasteiger partial charge in [0.2, 0.25) is 0 Å². The maximum absolute atomic E-state index is 4.62. The lowest BCUT2D eigenvalue weighted by molar-refractivity contribution is 0.770. The molecule has 1 fully saturated rings. The first-order valence-corrected chi connectivity index (χ1v) is 8.16. The number of rotatable bonds is 5. The number of hydrogen-bond acceptors (Lipinski definition) is 6. The van der Waals surface area contributed by atoms with Gasteiger partial charge in [-0.25, -0.2) is 15.0 Å². The summed E-state index contributed by atoms with van der Waals surface area (Å²) in [4.78, 5) is 13.2. The molecule has 0 bridgehead atoms. The second kappa shape index (κ2) is 5.49. The number of aromatic nitrogens is 5. The van der Waals surface area contributed by atoms with Crippen molar-refractivity contribution >= 4 is 17.2 Å². The van der Waals surface area contributed by atoms with Crippen molar-refractivity contribution in [1.29, 1.82) is 0 Å². The number of hydrogen-bond donors (Lipinski definition) is 1. The van der Waals surface area contributed by atoms with Gasteiger partial charge >= 0.3 is 0 Å². The molecule has 3 heterocycles. The van der Waals surface area contributed by atoms with E-state index >= 15 is 0 Å². The Bertz CT molecular complexity index is 789. The van der Waals surface area contributed by atoms with E-state index < -0.39 is 0 Å². The molecule has 1 N–H and O–H groups in total. The van der Waals surface area contributed by atoms with Crippen LogP contribution >= 0.6 is 11.3 Å². The zero-order valence-electron chi connectivity index (χ0n) is 12.2. The van der Waals surface area contributed by atoms with Gasteiger partial charge in [0.1, 0.15) is 22.8 Å². The Balaban J connectivity index is 1.43. The Morgan fingerprint density at radius 1 is 1.36 bits per heavy atom. The Labute approximate surface area is 132 Å². The molecule has 0 radical (unpaired) electrons. The maximum Gasteiger partial charge on any atom is 0.144 e. The first-order chi connectivity index (χ1) is 10.8. The summed E-state index contributed by atoms with van der Waals surface area (Å²) in [5, 5.41) is 10.7. The van der Waals surface area contributed by atoms with Gasteiger partial charge in [-0.1, -0.05) is 0 Å². The topological polar surface area (TPSA) is 68.5 Å². The fourth-order valence-corrected chi connectivity index (χ4v) is 3.07. The van der Waals surface area contributed by atoms with Gasteiger partial charge in [-0.3, -0.25) is 4.68 Å². The highest BCUT2D eigenvalue weighted by atomic mass is 32.1. The van der Waals surface area contributed by atoms with Gasteiger partial charge in [-0.15, -0.1) is 11.3 Å². The Hall–Kier alpha value is -2.28. The monoisotopic (exact) mass is 312 g/mol. The predicted octanol–water partition coefficient (Wildman–Crippen LogP) is 2.82. The van der Waals surface area contributed by atoms with Crippen LogP contribution in [0.3, 0.4) is 0 Å². The number of thiazole rings is 1. The summed E-state index contributed by atoms with van der Waals surface area (Å²) >= 11 is 1.61. The number of aryl methyl sites for hydroxylation is 1. The van der Waals surface area contributed by atoms with Crippen LogP contribution in [-0.2, 0) is 13.6 Å². The molecule has 1 aliphatic rings. The van der Waals surface area contributed by atoms with Crippen LogP contribution in [0.5, 0.6) is 0 Å². The highest BCUT2D eigenvalue weighted by molar-refractivity contribution is 7.13. The maximum atomic E-state index is 4.62. The summed E-state index contributed by atoms with van der Waals surface area (Å²) in [5.41, 5.74) is 3.05. The van der Waals surface area contributed by atoms with Gasteiger partial charge in [-0.2, -0.15) is 5.10 Å². The van der Waals surface area contributed by atoms with E-state index in [1.807, 2.05) is 25.4 Å². The predicted molar refractivity (Wildman–Crippen MR) is 85.6 cm³/mol. The van der Waals surface area contributed by atoms with E-state index in [1.54, 1.807) is 22.3 Å². The van der Waals surface area contributed by atoms with Gasteiger partial charge in [0.25, 0.3) is 0 Å². The van der Waals surface area contributed by atoms with E-state index in [-0.39, 0.29) is 0 Å². The molecule has 0 atom stereocenters. The van der Waals surface area contributed by atoms with Gasteiger partial charge < -0.3 is 5.32 Å². The normalized spacial score (nSPS) is 14.2. The molecule has 1 aliphatic carbocycles. The van der Waals surface area contributed by atoms with E-state index in [0.717, 1.165) is 27.9 Å². The van der Waals surface area contributed by atoms with E-state index in [9.17, 15) is 0 Å². The number of anilines is 1. The second-order valence-corrected chi connectivity index (χ2v) is 6.33. The minimum absolute atomic E-state index is 0.638. The Kier molecular flexibility index (Phi) is 3.34. The quantitative estimate of drug-likeness (QED) is 0.784. The Morgan fingerprint density at radius 3 is 3.05 bits per heavy atom. The molecule has 1 saturated carbocycles. The standard InChI is InChI=1S/C15H16N6S/c1-21-5-4-12(20-21)15-19-11(8-22-15)7-16-14-6-13(10-2-3-10)17-9-18-14/h4-6,8-10H,2-3,7H2,1H3,(H,16,17,18). The molecule has 7 heteroatoms. The zero-order valence-corrected chi connectivity index (χ0v) is 13.0. The molecule has 0 aromatic carbocycles. The molecule has 0 unspecified atom stereocenters. The fourth-order valence-electron chi connectivity index (χ4n) is 2.29. The lowest BCUT2D eigenvalue weighted by Crippen LogP contribution is -2.03. The third-order valence-electron chi connectivity index (χ3n) is 3.62. The van der Waals surface area contributed by atoms with Crippen molar-refractivity contribution in [2.45, 2.75) is 25.3 Å². The molecular weight excluding hydrogens is 296 g/mol. The smallest absolute Gasteiger partial charge is 0.144 e. The van der Waals surface area contributed by atoms with Crippen molar-refractivity contribution in [2.75, 3.05) is 5.32 Å². The molecule has 3 aromatic rings. The summed E-state index contributed by atoms with van der Waals surface area (Å²) in [6.45, 7) is 0.657. The van der Waals surface area contributed by atoms with Gasteiger partial charge in [0.15, 0.2) is 0 Å². The molecule has 112 valence electrons. The first kappa shape index (κ1) is 13.4. The number of nitrogens with one attached hydrogen (secondary N) is 1. The zero-order chi connectivity index (χ0) is 14.9. The van der Waals surface area contributed by atoms with E-state index in [0.29, 0.717) is 12.5 Å². The summed E-state index contributed by atoms with van der Waals surface area (Å²) in [7, 11) is 1.91. The van der Waals surface area contributed by atoms with Crippen LogP contribution in [0.15, 0.2) is 30.0 Å². The molecular formula is C15H16N6S. The molecule has 0 amide bonds. The molecule has 6 nitrogen and oxygen atoms in total. The van der Waals surface area contributed by atoms with E-state index in [4.69, 9.17) is 0 Å². The summed E-state index contributed by atoms with van der Waals surface area (Å²) in [6.07, 6.45) is 6.05. The minimum atomic E-state index is 0.638. The average Bonchev–Trinajstić information content (AvgIpc) is 3.13. The molecule has 3 aromatic heterocycles. The lowest BCUT2D eigenvalue weighted by Gasteiger charge is -2.04. The van der Waals surface area contributed by atoms with Gasteiger partial charge in [0, 0.05) is 36.3 Å². The highest BCUT2D eigenvalue weighted by Gasteiger charge is 2.25. The van der Waals surface area contributed by atoms with Gasteiger partial charge in [-0.05, 0) is 18.9 Å². The third kappa shape index (κ3) is 2.85. The van der Waals surface area contributed by atoms with Crippen LogP contribution in [0.2, 0.25) is 0 Å². The molecule has 4 rings (SSSR count). The third-order valence-corrected chi connectivity index (χ3v) is 4.53.